The van der Waals surface area contributed by atoms with E-state index in [1.165, 1.54) is 16.7 Å². The monoisotopic (exact) mass is 718 g/mol. The fraction of sp³-hybridized carbons (Fsp3) is 0.0370. The van der Waals surface area contributed by atoms with Crippen LogP contribution < -0.4 is 0 Å². The lowest BCUT2D eigenvalue weighted by atomic mass is 9.85. The molecule has 0 bridgehead atoms. The zero-order chi connectivity index (χ0) is 38.4. The lowest BCUT2D eigenvalue weighted by molar-refractivity contribution is 1.24. The maximum atomic E-state index is 4.57. The third kappa shape index (κ3) is 7.21. The average molecular weight is 719 g/mol. The van der Waals surface area contributed by atoms with E-state index in [0.717, 1.165) is 83.2 Å². The lowest BCUT2D eigenvalue weighted by Gasteiger charge is -2.18. The SMILES string of the molecule is C=Cc1c(-c2ccccc2)ccc(-c2cc(-c3ccc(C(=C)/C=C\c4ncccc4C)cc3)cc(-c3ccc(-c4ccccc4)c4cnccc34)c2)c1/C=C\C. The standard InChI is InChI=1S/C54H42N2/c1-5-14-51-46(6-2)47(41-16-9-7-10-17-41)25-27-49(51)44-33-43(40-23-21-39(22-24-40)37(3)20-29-54-38(4)15-13-31-56-54)34-45(35-44)50-28-26-48(42-18-11-8-12-19-42)53-36-55-32-30-52(50)53/h5-36H,2-3H2,1,4H3/b14-5-,29-20-. The van der Waals surface area contributed by atoms with Crippen LogP contribution in [0.4, 0.5) is 0 Å². The first-order valence-electron chi connectivity index (χ1n) is 19.0. The van der Waals surface area contributed by atoms with Gasteiger partial charge in [0.1, 0.15) is 0 Å². The molecule has 0 aliphatic rings. The summed E-state index contributed by atoms with van der Waals surface area (Å²) in [6, 6.07) is 51.9. The number of allylic oxidation sites excluding steroid dienone is 3. The van der Waals surface area contributed by atoms with Crippen molar-refractivity contribution in [3.63, 3.8) is 0 Å². The second-order valence-corrected chi connectivity index (χ2v) is 13.9. The molecule has 8 rings (SSSR count). The molecule has 0 spiro atoms. The van der Waals surface area contributed by atoms with Gasteiger partial charge in [-0.05, 0) is 139 Å². The Balaban J connectivity index is 1.29. The van der Waals surface area contributed by atoms with E-state index in [1.807, 2.05) is 42.9 Å². The van der Waals surface area contributed by atoms with Crippen LogP contribution in [0.25, 0.3) is 90.2 Å². The van der Waals surface area contributed by atoms with Gasteiger partial charge in [-0.3, -0.25) is 9.97 Å². The van der Waals surface area contributed by atoms with E-state index in [2.05, 4.69) is 189 Å². The molecule has 6 aromatic carbocycles. The second kappa shape index (κ2) is 16.1. The van der Waals surface area contributed by atoms with Crippen molar-refractivity contribution < 1.29 is 0 Å². The number of nitrogens with zero attached hydrogens (tertiary/aromatic N) is 2. The minimum absolute atomic E-state index is 0.932. The van der Waals surface area contributed by atoms with Crippen LogP contribution >= 0.6 is 0 Å². The summed E-state index contributed by atoms with van der Waals surface area (Å²) in [7, 11) is 0. The van der Waals surface area contributed by atoms with Crippen molar-refractivity contribution in [2.75, 3.05) is 0 Å². The molecule has 0 radical (unpaired) electrons. The normalized spacial score (nSPS) is 11.4. The quantitative estimate of drug-likeness (QED) is 0.132. The molecule has 0 saturated carbocycles. The number of pyridine rings is 2. The van der Waals surface area contributed by atoms with E-state index < -0.39 is 0 Å². The van der Waals surface area contributed by atoms with Gasteiger partial charge >= 0.3 is 0 Å². The Bertz CT molecular complexity index is 2770. The molecule has 0 N–H and O–H groups in total. The number of hydrogen-bond donors (Lipinski definition) is 0. The number of rotatable bonds is 10. The zero-order valence-electron chi connectivity index (χ0n) is 31.8. The summed E-state index contributed by atoms with van der Waals surface area (Å²) in [5.74, 6) is 0. The first-order valence-corrected chi connectivity index (χ1v) is 19.0. The van der Waals surface area contributed by atoms with Crippen LogP contribution in [-0.2, 0) is 0 Å². The van der Waals surface area contributed by atoms with Crippen LogP contribution in [0.15, 0.2) is 189 Å². The van der Waals surface area contributed by atoms with Gasteiger partial charge in [-0.25, -0.2) is 0 Å². The molecule has 0 saturated heterocycles. The van der Waals surface area contributed by atoms with Gasteiger partial charge in [-0.15, -0.1) is 0 Å². The molecule has 2 aromatic heterocycles. The van der Waals surface area contributed by atoms with Crippen LogP contribution in [0.2, 0.25) is 0 Å². The summed E-state index contributed by atoms with van der Waals surface area (Å²) >= 11 is 0. The number of aryl methyl sites for hydroxylation is 1. The molecule has 0 aliphatic carbocycles. The summed E-state index contributed by atoms with van der Waals surface area (Å²) in [4.78, 5) is 9.08. The number of fused-ring (bicyclic) bond motifs is 1. The molecule has 0 amide bonds. The van der Waals surface area contributed by atoms with Gasteiger partial charge in [0.05, 0.1) is 5.69 Å². The third-order valence-corrected chi connectivity index (χ3v) is 10.4. The maximum absolute atomic E-state index is 4.57. The molecule has 2 heterocycles. The molecular formula is C54H42N2. The zero-order valence-corrected chi connectivity index (χ0v) is 31.8. The highest BCUT2D eigenvalue weighted by Gasteiger charge is 2.17. The summed E-state index contributed by atoms with van der Waals surface area (Å²) in [5, 5.41) is 2.28. The molecule has 2 nitrogen and oxygen atoms in total. The highest BCUT2D eigenvalue weighted by atomic mass is 14.7. The van der Waals surface area contributed by atoms with E-state index in [0.29, 0.717) is 0 Å². The summed E-state index contributed by atoms with van der Waals surface area (Å²) in [5.41, 5.74) is 17.8. The van der Waals surface area contributed by atoms with E-state index in [9.17, 15) is 0 Å². The summed E-state index contributed by atoms with van der Waals surface area (Å²) in [6.07, 6.45) is 16.1. The molecule has 268 valence electrons. The van der Waals surface area contributed by atoms with Crippen molar-refractivity contribution in [1.29, 1.82) is 0 Å². The Labute approximate surface area is 330 Å². The Kier molecular flexibility index (Phi) is 10.3. The van der Waals surface area contributed by atoms with Crippen LogP contribution in [-0.4, -0.2) is 9.97 Å². The Morgan fingerprint density at radius 3 is 1.80 bits per heavy atom. The first kappa shape index (κ1) is 35.8. The fourth-order valence-electron chi connectivity index (χ4n) is 7.57. The van der Waals surface area contributed by atoms with E-state index in [1.54, 1.807) is 0 Å². The first-order chi connectivity index (χ1) is 27.5. The minimum Gasteiger partial charge on any atom is -0.264 e. The average Bonchev–Trinajstić information content (AvgIpc) is 3.26. The fourth-order valence-corrected chi connectivity index (χ4v) is 7.57. The van der Waals surface area contributed by atoms with Crippen molar-refractivity contribution in [2.24, 2.45) is 0 Å². The topological polar surface area (TPSA) is 25.8 Å². The van der Waals surface area contributed by atoms with Crippen LogP contribution in [0.3, 0.4) is 0 Å². The van der Waals surface area contributed by atoms with E-state index in [-0.39, 0.29) is 0 Å². The van der Waals surface area contributed by atoms with Crippen LogP contribution in [0.5, 0.6) is 0 Å². The van der Waals surface area contributed by atoms with Gasteiger partial charge in [0.2, 0.25) is 0 Å². The van der Waals surface area contributed by atoms with Gasteiger partial charge in [0, 0.05) is 24.0 Å². The second-order valence-electron chi connectivity index (χ2n) is 13.9. The molecule has 0 atom stereocenters. The van der Waals surface area contributed by atoms with Crippen molar-refractivity contribution in [3.8, 4) is 55.6 Å². The molecule has 8 aromatic rings. The molecule has 56 heavy (non-hydrogen) atoms. The number of hydrogen-bond acceptors (Lipinski definition) is 2. The van der Waals surface area contributed by atoms with Crippen LogP contribution in [0, 0.1) is 6.92 Å². The number of aromatic nitrogens is 2. The Morgan fingerprint density at radius 1 is 0.536 bits per heavy atom. The molecular weight excluding hydrogens is 677 g/mol. The lowest BCUT2D eigenvalue weighted by Crippen LogP contribution is -1.94. The minimum atomic E-state index is 0.932. The van der Waals surface area contributed by atoms with Gasteiger partial charge in [-0.2, -0.15) is 0 Å². The maximum Gasteiger partial charge on any atom is 0.0658 e. The predicted octanol–water partition coefficient (Wildman–Crippen LogP) is 14.7. The summed E-state index contributed by atoms with van der Waals surface area (Å²) < 4.78 is 0. The predicted molar refractivity (Wildman–Crippen MR) is 241 cm³/mol. The van der Waals surface area contributed by atoms with Crippen molar-refractivity contribution in [3.05, 3.63) is 217 Å². The molecule has 0 unspecified atom stereocenters. The van der Waals surface area contributed by atoms with Gasteiger partial charge in [0.25, 0.3) is 0 Å². The number of benzene rings is 6. The molecule has 2 heteroatoms. The highest BCUT2D eigenvalue weighted by molar-refractivity contribution is 6.05. The van der Waals surface area contributed by atoms with Gasteiger partial charge in [-0.1, -0.05) is 153 Å². The molecule has 0 fully saturated rings. The van der Waals surface area contributed by atoms with Crippen LogP contribution in [0.1, 0.15) is 34.9 Å². The highest BCUT2D eigenvalue weighted by Crippen LogP contribution is 2.41. The van der Waals surface area contributed by atoms with E-state index >= 15 is 0 Å². The third-order valence-electron chi connectivity index (χ3n) is 10.4. The molecule has 0 aliphatic heterocycles. The Morgan fingerprint density at radius 2 is 1.14 bits per heavy atom. The smallest absolute Gasteiger partial charge is 0.0658 e. The van der Waals surface area contributed by atoms with Crippen molar-refractivity contribution in [1.82, 2.24) is 9.97 Å². The largest absolute Gasteiger partial charge is 0.264 e. The van der Waals surface area contributed by atoms with Gasteiger partial charge in [0.15, 0.2) is 0 Å². The van der Waals surface area contributed by atoms with Crippen molar-refractivity contribution in [2.45, 2.75) is 13.8 Å². The summed E-state index contributed by atoms with van der Waals surface area (Å²) in [6.45, 7) is 12.8. The van der Waals surface area contributed by atoms with Crippen molar-refractivity contribution >= 4 is 34.6 Å². The Hall–Kier alpha value is -7.16. The van der Waals surface area contributed by atoms with E-state index in [4.69, 9.17) is 0 Å². The van der Waals surface area contributed by atoms with Gasteiger partial charge < -0.3 is 0 Å².